The summed E-state index contributed by atoms with van der Waals surface area (Å²) in [5, 5.41) is 2.95. The van der Waals surface area contributed by atoms with E-state index < -0.39 is 0 Å². The molecule has 1 aliphatic rings. The third-order valence-electron chi connectivity index (χ3n) is 4.55. The van der Waals surface area contributed by atoms with Crippen LogP contribution in [0.25, 0.3) is 0 Å². The Morgan fingerprint density at radius 1 is 1.22 bits per heavy atom. The van der Waals surface area contributed by atoms with Crippen molar-refractivity contribution in [2.45, 2.75) is 60.8 Å². The molecule has 0 unspecified atom stereocenters. The summed E-state index contributed by atoms with van der Waals surface area (Å²) in [6.45, 7) is 14.3. The van der Waals surface area contributed by atoms with Gasteiger partial charge in [0.25, 0.3) is 5.91 Å². The Hall–Kier alpha value is -1.58. The number of nitrogens with one attached hydrogen (secondary N) is 1. The van der Waals surface area contributed by atoms with Crippen LogP contribution >= 0.6 is 0 Å². The Morgan fingerprint density at radius 3 is 2.39 bits per heavy atom. The van der Waals surface area contributed by atoms with Crippen LogP contribution in [0.3, 0.4) is 0 Å². The molecule has 1 aliphatic heterocycles. The largest absolute Gasteiger partial charge is 0.356 e. The van der Waals surface area contributed by atoms with Crippen LogP contribution in [0.1, 0.15) is 62.2 Å². The van der Waals surface area contributed by atoms with Gasteiger partial charge in [-0.1, -0.05) is 25.5 Å². The van der Waals surface area contributed by atoms with E-state index in [-0.39, 0.29) is 7.33 Å². The molecule has 0 aromatic carbocycles. The van der Waals surface area contributed by atoms with Gasteiger partial charge in [-0.15, -0.1) is 0 Å². The van der Waals surface area contributed by atoms with Crippen molar-refractivity contribution in [1.29, 1.82) is 0 Å². The van der Waals surface area contributed by atoms with Crippen LogP contribution in [0.5, 0.6) is 0 Å². The standard InChI is InChI=1S/C19H33N3O.H2/c1-8-15(4)21-18(23)16(14(2)3)17(20-7)22-12-9-10-19(5,6)11-13-22;/h8H,9-13H2,1-7H3,(H,21,23);1H/b15-8+,20-17?;. The molecule has 0 spiro atoms. The Morgan fingerprint density at radius 2 is 1.87 bits per heavy atom. The lowest BCUT2D eigenvalue weighted by Gasteiger charge is -2.27. The highest BCUT2D eigenvalue weighted by molar-refractivity contribution is 6.21. The number of likely N-dealkylation sites (tertiary alicyclic amines) is 1. The van der Waals surface area contributed by atoms with E-state index in [0.717, 1.165) is 43.0 Å². The van der Waals surface area contributed by atoms with Gasteiger partial charge < -0.3 is 10.2 Å². The highest BCUT2D eigenvalue weighted by Gasteiger charge is 2.28. The van der Waals surface area contributed by atoms with Crippen LogP contribution in [0.15, 0.2) is 27.9 Å². The summed E-state index contributed by atoms with van der Waals surface area (Å²) in [6.07, 6.45) is 5.38. The molecule has 23 heavy (non-hydrogen) atoms. The maximum absolute atomic E-state index is 12.7. The van der Waals surface area contributed by atoms with E-state index in [9.17, 15) is 4.79 Å². The summed E-state index contributed by atoms with van der Waals surface area (Å²) >= 11 is 0. The van der Waals surface area contributed by atoms with Crippen LogP contribution in [0.2, 0.25) is 0 Å². The van der Waals surface area contributed by atoms with Gasteiger partial charge in [-0.3, -0.25) is 9.79 Å². The lowest BCUT2D eigenvalue weighted by atomic mass is 9.85. The average Bonchev–Trinajstić information content (AvgIpc) is 2.64. The molecular formula is C19H35N3O. The van der Waals surface area contributed by atoms with E-state index in [2.05, 4.69) is 29.1 Å². The van der Waals surface area contributed by atoms with Gasteiger partial charge in [0.1, 0.15) is 5.84 Å². The number of hydrogen-bond acceptors (Lipinski definition) is 2. The normalized spacial score (nSPS) is 19.2. The molecule has 0 aliphatic carbocycles. The Labute approximate surface area is 143 Å². The first-order chi connectivity index (χ1) is 10.7. The number of amides is 1. The maximum atomic E-state index is 12.7. The predicted octanol–water partition coefficient (Wildman–Crippen LogP) is 4.15. The molecule has 1 amide bonds. The van der Waals surface area contributed by atoms with Crippen molar-refractivity contribution in [3.63, 3.8) is 0 Å². The first-order valence-corrected chi connectivity index (χ1v) is 8.55. The lowest BCUT2D eigenvalue weighted by Crippen LogP contribution is -2.39. The first kappa shape index (κ1) is 19.5. The maximum Gasteiger partial charge on any atom is 0.259 e. The Kier molecular flexibility index (Phi) is 7.04. The number of rotatable bonds is 3. The zero-order valence-electron chi connectivity index (χ0n) is 15.9. The molecule has 4 nitrogen and oxygen atoms in total. The molecule has 0 bridgehead atoms. The van der Waals surface area contributed by atoms with Gasteiger partial charge in [-0.2, -0.15) is 0 Å². The van der Waals surface area contributed by atoms with Crippen molar-refractivity contribution >= 4 is 11.7 Å². The minimum Gasteiger partial charge on any atom is -0.356 e. The molecule has 4 heteroatoms. The quantitative estimate of drug-likeness (QED) is 0.482. The zero-order valence-corrected chi connectivity index (χ0v) is 15.9. The number of carbonyl (C=O) groups is 1. The molecule has 0 atom stereocenters. The fourth-order valence-electron chi connectivity index (χ4n) is 2.91. The van der Waals surface area contributed by atoms with Gasteiger partial charge in [0.2, 0.25) is 0 Å². The second-order valence-corrected chi connectivity index (χ2v) is 7.35. The molecule has 132 valence electrons. The van der Waals surface area contributed by atoms with E-state index in [1.165, 1.54) is 6.42 Å². The summed E-state index contributed by atoms with van der Waals surface area (Å²) < 4.78 is 0. The van der Waals surface area contributed by atoms with E-state index in [4.69, 9.17) is 0 Å². The van der Waals surface area contributed by atoms with Crippen molar-refractivity contribution in [3.8, 4) is 0 Å². The number of aliphatic imine (C=N–C) groups is 1. The third kappa shape index (κ3) is 5.52. The van der Waals surface area contributed by atoms with Gasteiger partial charge in [0, 0.05) is 27.3 Å². The van der Waals surface area contributed by atoms with Crippen molar-refractivity contribution in [2.24, 2.45) is 10.4 Å². The van der Waals surface area contributed by atoms with Gasteiger partial charge in [-0.05, 0) is 52.4 Å². The lowest BCUT2D eigenvalue weighted by molar-refractivity contribution is -0.116. The van der Waals surface area contributed by atoms with Gasteiger partial charge in [0.05, 0.1) is 5.57 Å². The number of carbonyl (C=O) groups excluding carboxylic acids is 1. The van der Waals surface area contributed by atoms with E-state index in [1.54, 1.807) is 7.05 Å². The monoisotopic (exact) mass is 321 g/mol. The Bertz CT molecular complexity index is 529. The van der Waals surface area contributed by atoms with E-state index in [0.29, 0.717) is 11.0 Å². The average molecular weight is 322 g/mol. The molecule has 1 rings (SSSR count). The molecule has 0 aromatic rings. The first-order valence-electron chi connectivity index (χ1n) is 8.55. The van der Waals surface area contributed by atoms with Crippen LogP contribution in [-0.2, 0) is 4.79 Å². The summed E-state index contributed by atoms with van der Waals surface area (Å²) in [6, 6.07) is 0. The third-order valence-corrected chi connectivity index (χ3v) is 4.55. The minimum atomic E-state index is -0.0651. The van der Waals surface area contributed by atoms with Crippen LogP contribution in [0, 0.1) is 5.41 Å². The van der Waals surface area contributed by atoms with Crippen molar-refractivity contribution in [1.82, 2.24) is 10.2 Å². The number of allylic oxidation sites excluding steroid dienone is 3. The smallest absolute Gasteiger partial charge is 0.259 e. The molecule has 0 radical (unpaired) electrons. The molecule has 0 saturated carbocycles. The summed E-state index contributed by atoms with van der Waals surface area (Å²) in [4.78, 5) is 19.5. The van der Waals surface area contributed by atoms with Crippen molar-refractivity contribution in [2.75, 3.05) is 20.1 Å². The Balaban J connectivity index is 0.00000529. The van der Waals surface area contributed by atoms with E-state index in [1.807, 2.05) is 33.8 Å². The highest BCUT2D eigenvalue weighted by Crippen LogP contribution is 2.30. The topological polar surface area (TPSA) is 44.7 Å². The SMILES string of the molecule is C/C=C(\C)NC(=O)C(C(=NC)N1CCCC(C)(C)CC1)=C(C)C.[HH]. The van der Waals surface area contributed by atoms with Crippen LogP contribution in [0.4, 0.5) is 0 Å². The van der Waals surface area contributed by atoms with Gasteiger partial charge in [-0.25, -0.2) is 0 Å². The number of amidine groups is 1. The summed E-state index contributed by atoms with van der Waals surface area (Å²) in [5.74, 6) is 0.758. The fourth-order valence-corrected chi connectivity index (χ4v) is 2.91. The second kappa shape index (κ2) is 8.32. The number of hydrogen-bond donors (Lipinski definition) is 1. The molecule has 1 saturated heterocycles. The molecule has 1 heterocycles. The van der Waals surface area contributed by atoms with Crippen LogP contribution < -0.4 is 5.32 Å². The molecular weight excluding hydrogens is 286 g/mol. The van der Waals surface area contributed by atoms with Crippen molar-refractivity contribution in [3.05, 3.63) is 22.9 Å². The number of nitrogens with zero attached hydrogens (tertiary/aromatic N) is 2. The summed E-state index contributed by atoms with van der Waals surface area (Å²) in [5.41, 5.74) is 2.92. The van der Waals surface area contributed by atoms with Crippen molar-refractivity contribution < 1.29 is 6.22 Å². The minimum absolute atomic E-state index is 0. The molecule has 1 fully saturated rings. The second-order valence-electron chi connectivity index (χ2n) is 7.35. The summed E-state index contributed by atoms with van der Waals surface area (Å²) in [7, 11) is 1.78. The zero-order chi connectivity index (χ0) is 17.6. The molecule has 1 N–H and O–H groups in total. The molecule has 0 aromatic heterocycles. The van der Waals surface area contributed by atoms with Crippen LogP contribution in [-0.4, -0.2) is 36.8 Å². The van der Waals surface area contributed by atoms with E-state index >= 15 is 0 Å². The predicted molar refractivity (Wildman–Crippen MR) is 101 cm³/mol. The fraction of sp³-hybridized carbons (Fsp3) is 0.684. The highest BCUT2D eigenvalue weighted by atomic mass is 16.1. The van der Waals surface area contributed by atoms with Gasteiger partial charge in [0.15, 0.2) is 0 Å². The van der Waals surface area contributed by atoms with Gasteiger partial charge >= 0.3 is 0 Å².